The first kappa shape index (κ1) is 7.79. The highest BCUT2D eigenvalue weighted by molar-refractivity contribution is 6.14. The number of rotatable bonds is 2. The summed E-state index contributed by atoms with van der Waals surface area (Å²) in [6.07, 6.45) is 5.86. The molecule has 1 aliphatic carbocycles. The third-order valence-corrected chi connectivity index (χ3v) is 1.92. The monoisotopic (exact) mass is 177 g/mol. The number of nitrogens with zero attached hydrogens (tertiary/aromatic N) is 1. The molecule has 0 saturated carbocycles. The topological polar surface area (TPSA) is 46.6 Å². The van der Waals surface area contributed by atoms with E-state index in [1.165, 1.54) is 19.3 Å². The number of amides is 2. The molecule has 4 nitrogen and oxygen atoms in total. The summed E-state index contributed by atoms with van der Waals surface area (Å²) >= 11 is 0. The third-order valence-electron chi connectivity index (χ3n) is 1.92. The number of allylic oxidation sites excluding steroid dienone is 2. The van der Waals surface area contributed by atoms with Crippen LogP contribution in [-0.4, -0.2) is 23.8 Å². The average Bonchev–Trinajstić information content (AvgIpc) is 2.35. The summed E-state index contributed by atoms with van der Waals surface area (Å²) < 4.78 is 4.93. The number of carbonyl (C=O) groups is 2. The Hall–Kier alpha value is -1.84. The fourth-order valence-corrected chi connectivity index (χ4v) is 1.22. The van der Waals surface area contributed by atoms with E-state index in [-0.39, 0.29) is 11.8 Å². The molecule has 2 amide bonds. The maximum Gasteiger partial charge on any atom is 0.258 e. The van der Waals surface area contributed by atoms with Gasteiger partial charge in [0.05, 0.1) is 12.8 Å². The van der Waals surface area contributed by atoms with Gasteiger partial charge in [-0.2, -0.15) is 0 Å². The molecule has 1 aliphatic heterocycles. The average molecular weight is 177 g/mol. The lowest BCUT2D eigenvalue weighted by Gasteiger charge is -2.23. The molecule has 2 aliphatic rings. The summed E-state index contributed by atoms with van der Waals surface area (Å²) in [5.74, 6) is -0.0804. The minimum Gasteiger partial charge on any atom is -0.495 e. The van der Waals surface area contributed by atoms with Crippen LogP contribution in [0.5, 0.6) is 0 Å². The van der Waals surface area contributed by atoms with Gasteiger partial charge in [0.25, 0.3) is 11.8 Å². The summed E-state index contributed by atoms with van der Waals surface area (Å²) in [7, 11) is 1.50. The van der Waals surface area contributed by atoms with E-state index in [0.717, 1.165) is 4.90 Å². The van der Waals surface area contributed by atoms with Gasteiger partial charge in [-0.1, -0.05) is 0 Å². The molecule has 0 spiro atoms. The Balaban J connectivity index is 2.20. The van der Waals surface area contributed by atoms with E-state index in [9.17, 15) is 9.59 Å². The van der Waals surface area contributed by atoms with Gasteiger partial charge in [0.15, 0.2) is 0 Å². The minimum absolute atomic E-state index is 0.320. The number of hydrogen-bond donors (Lipinski definition) is 0. The Bertz CT molecular complexity index is 358. The molecule has 0 unspecified atom stereocenters. The van der Waals surface area contributed by atoms with Crippen molar-refractivity contribution in [2.24, 2.45) is 0 Å². The summed E-state index contributed by atoms with van der Waals surface area (Å²) in [6.45, 7) is 0. The zero-order chi connectivity index (χ0) is 9.42. The van der Waals surface area contributed by atoms with Gasteiger partial charge in [0.2, 0.25) is 0 Å². The van der Waals surface area contributed by atoms with Crippen molar-refractivity contribution in [1.29, 1.82) is 0 Å². The van der Waals surface area contributed by atoms with Gasteiger partial charge < -0.3 is 4.74 Å². The van der Waals surface area contributed by atoms with E-state index in [2.05, 4.69) is 0 Å². The first-order chi connectivity index (χ1) is 6.24. The highest BCUT2D eigenvalue weighted by Gasteiger charge is 2.31. The van der Waals surface area contributed by atoms with E-state index in [4.69, 9.17) is 4.74 Å². The lowest BCUT2D eigenvalue weighted by Crippen LogP contribution is -2.32. The molecule has 0 bridgehead atoms. The molecule has 0 aromatic carbocycles. The van der Waals surface area contributed by atoms with Gasteiger partial charge in [0.1, 0.15) is 5.76 Å². The van der Waals surface area contributed by atoms with Crippen molar-refractivity contribution in [2.45, 2.75) is 0 Å². The summed E-state index contributed by atoms with van der Waals surface area (Å²) in [5.41, 5.74) is 0.530. The van der Waals surface area contributed by atoms with Crippen molar-refractivity contribution < 1.29 is 14.3 Å². The van der Waals surface area contributed by atoms with Gasteiger partial charge >= 0.3 is 0 Å². The van der Waals surface area contributed by atoms with Crippen LogP contribution in [0, 0.1) is 0 Å². The van der Waals surface area contributed by atoms with Gasteiger partial charge in [-0.25, -0.2) is 4.90 Å². The predicted octanol–water partition coefficient (Wildman–Crippen LogP) is 0.339. The number of ether oxygens (including phenoxy) is 1. The molecule has 0 N–H and O–H groups in total. The maximum absolute atomic E-state index is 11.2. The zero-order valence-electron chi connectivity index (χ0n) is 6.98. The number of methoxy groups -OCH3 is 1. The largest absolute Gasteiger partial charge is 0.495 e. The Morgan fingerprint density at radius 1 is 1.15 bits per heavy atom. The highest BCUT2D eigenvalue weighted by Crippen LogP contribution is 2.26. The molecule has 66 valence electrons. The number of hydrogen-bond acceptors (Lipinski definition) is 3. The number of imide groups is 1. The molecule has 13 heavy (non-hydrogen) atoms. The molecule has 0 saturated heterocycles. The van der Waals surface area contributed by atoms with Crippen LogP contribution >= 0.6 is 0 Å². The highest BCUT2D eigenvalue weighted by atomic mass is 16.5. The van der Waals surface area contributed by atoms with Gasteiger partial charge in [-0.15, -0.1) is 0 Å². The smallest absolute Gasteiger partial charge is 0.258 e. The first-order valence-corrected chi connectivity index (χ1v) is 3.76. The molecular weight excluding hydrogens is 170 g/mol. The molecule has 1 heterocycles. The first-order valence-electron chi connectivity index (χ1n) is 3.76. The summed E-state index contributed by atoms with van der Waals surface area (Å²) in [6, 6.07) is 0. The fraction of sp³-hybridized carbons (Fsp3) is 0.111. The second-order valence-corrected chi connectivity index (χ2v) is 2.63. The second-order valence-electron chi connectivity index (χ2n) is 2.63. The van der Waals surface area contributed by atoms with Crippen molar-refractivity contribution >= 4 is 11.8 Å². The molecular formula is C9H7NO3. The SMILES string of the molecule is COC1=CC=C1N1C(=O)C=CC1=O. The molecule has 2 rings (SSSR count). The van der Waals surface area contributed by atoms with E-state index < -0.39 is 0 Å². The van der Waals surface area contributed by atoms with Crippen LogP contribution in [0.4, 0.5) is 0 Å². The lowest BCUT2D eigenvalue weighted by molar-refractivity contribution is -0.134. The van der Waals surface area contributed by atoms with Crippen LogP contribution in [0.2, 0.25) is 0 Å². The fourth-order valence-electron chi connectivity index (χ4n) is 1.22. The van der Waals surface area contributed by atoms with Crippen LogP contribution in [-0.2, 0) is 14.3 Å². The van der Waals surface area contributed by atoms with Gasteiger partial charge in [-0.3, -0.25) is 9.59 Å². The maximum atomic E-state index is 11.2. The second kappa shape index (κ2) is 2.58. The van der Waals surface area contributed by atoms with Crippen LogP contribution < -0.4 is 0 Å². The Morgan fingerprint density at radius 2 is 1.77 bits per heavy atom. The van der Waals surface area contributed by atoms with E-state index >= 15 is 0 Å². The molecule has 0 atom stereocenters. The molecule has 0 radical (unpaired) electrons. The van der Waals surface area contributed by atoms with Gasteiger partial charge in [-0.05, 0) is 12.2 Å². The molecule has 0 aromatic heterocycles. The minimum atomic E-state index is -0.320. The Morgan fingerprint density at radius 3 is 2.15 bits per heavy atom. The van der Waals surface area contributed by atoms with Crippen molar-refractivity contribution in [1.82, 2.24) is 4.90 Å². The van der Waals surface area contributed by atoms with E-state index in [0.29, 0.717) is 11.5 Å². The van der Waals surface area contributed by atoms with E-state index in [1.807, 2.05) is 0 Å². The third kappa shape index (κ3) is 0.989. The van der Waals surface area contributed by atoms with Crippen LogP contribution in [0.15, 0.2) is 35.8 Å². The van der Waals surface area contributed by atoms with Crippen molar-refractivity contribution in [3.05, 3.63) is 35.8 Å². The zero-order valence-corrected chi connectivity index (χ0v) is 6.98. The van der Waals surface area contributed by atoms with E-state index in [1.54, 1.807) is 12.2 Å². The van der Waals surface area contributed by atoms with Crippen molar-refractivity contribution in [3.63, 3.8) is 0 Å². The quantitative estimate of drug-likeness (QED) is 0.571. The van der Waals surface area contributed by atoms with Crippen LogP contribution in [0.3, 0.4) is 0 Å². The Labute approximate surface area is 74.8 Å². The normalized spacial score (nSPS) is 19.9. The number of carbonyl (C=O) groups excluding carboxylic acids is 2. The van der Waals surface area contributed by atoms with Crippen LogP contribution in [0.25, 0.3) is 0 Å². The molecule has 4 heteroatoms. The van der Waals surface area contributed by atoms with Crippen molar-refractivity contribution in [3.8, 4) is 0 Å². The van der Waals surface area contributed by atoms with Crippen molar-refractivity contribution in [2.75, 3.05) is 7.11 Å². The Kier molecular flexibility index (Phi) is 1.55. The summed E-state index contributed by atoms with van der Waals surface area (Å²) in [5, 5.41) is 0. The predicted molar refractivity (Wildman–Crippen MR) is 44.2 cm³/mol. The molecule has 0 fully saturated rings. The standard InChI is InChI=1S/C9H7NO3/c1-13-7-3-2-6(7)10-8(11)4-5-9(10)12/h2-5H,1H3. The summed E-state index contributed by atoms with van der Waals surface area (Å²) in [4.78, 5) is 23.4. The van der Waals surface area contributed by atoms with Crippen LogP contribution in [0.1, 0.15) is 0 Å². The molecule has 0 aromatic rings. The van der Waals surface area contributed by atoms with Gasteiger partial charge in [0, 0.05) is 12.2 Å². The lowest BCUT2D eigenvalue weighted by atomic mass is 10.1.